The Kier molecular flexibility index (Phi) is 2.88. The van der Waals surface area contributed by atoms with Crippen LogP contribution < -0.4 is 0 Å². The monoisotopic (exact) mass is 246 g/mol. The summed E-state index contributed by atoms with van der Waals surface area (Å²) in [5.74, 6) is -0.854. The van der Waals surface area contributed by atoms with E-state index >= 15 is 0 Å². The molecule has 0 heterocycles. The molecule has 2 atom stereocenters. The molecular weight excluding hydrogens is 228 g/mol. The van der Waals surface area contributed by atoms with Crippen molar-refractivity contribution < 1.29 is 14.4 Å². The topological polar surface area (TPSA) is 51.2 Å². The molecule has 0 radical (unpaired) electrons. The Labute approximate surface area is 107 Å². The molecule has 0 aromatic rings. The normalized spacial score (nSPS) is 31.9. The van der Waals surface area contributed by atoms with E-state index < -0.39 is 5.41 Å². The number of hydrogen-bond donors (Lipinski definition) is 0. The van der Waals surface area contributed by atoms with Crippen LogP contribution in [-0.2, 0) is 14.4 Å². The zero-order valence-corrected chi connectivity index (χ0v) is 11.2. The van der Waals surface area contributed by atoms with E-state index in [1.54, 1.807) is 26.0 Å². The van der Waals surface area contributed by atoms with Gasteiger partial charge in [-0.2, -0.15) is 0 Å². The lowest BCUT2D eigenvalue weighted by Crippen LogP contribution is -2.49. The summed E-state index contributed by atoms with van der Waals surface area (Å²) in [4.78, 5) is 35.6. The van der Waals surface area contributed by atoms with Crippen LogP contribution in [0.5, 0.6) is 0 Å². The summed E-state index contributed by atoms with van der Waals surface area (Å²) in [6.45, 7) is 7.23. The fourth-order valence-electron chi connectivity index (χ4n) is 3.31. The Hall–Kier alpha value is -1.51. The molecule has 18 heavy (non-hydrogen) atoms. The van der Waals surface area contributed by atoms with Crippen molar-refractivity contribution >= 4 is 17.9 Å². The van der Waals surface area contributed by atoms with E-state index in [4.69, 9.17) is 0 Å². The van der Waals surface area contributed by atoms with Crippen LogP contribution in [-0.4, -0.2) is 17.9 Å². The molecule has 2 bridgehead atoms. The Bertz CT molecular complexity index is 458. The van der Waals surface area contributed by atoms with Crippen LogP contribution in [0.3, 0.4) is 0 Å². The number of hydrogen-bond acceptors (Lipinski definition) is 3. The number of carbonyl (C=O) groups excluding carboxylic acids is 3. The molecule has 2 aliphatic carbocycles. The zero-order valence-electron chi connectivity index (χ0n) is 11.2. The van der Waals surface area contributed by atoms with Crippen molar-refractivity contribution in [3.8, 4) is 0 Å². The predicted octanol–water partition coefficient (Wildman–Crippen LogP) is 2.12. The maximum atomic E-state index is 12.2. The Balaban J connectivity index is 2.63. The number of ketones is 2. The van der Waals surface area contributed by atoms with Crippen molar-refractivity contribution in [3.05, 3.63) is 23.3 Å². The van der Waals surface area contributed by atoms with Crippen molar-refractivity contribution in [2.24, 2.45) is 23.2 Å². The zero-order chi connectivity index (χ0) is 13.7. The first-order chi connectivity index (χ1) is 8.29. The fraction of sp³-hybridized carbons (Fsp3) is 0.533. The van der Waals surface area contributed by atoms with E-state index in [1.165, 1.54) is 0 Å². The largest absolute Gasteiger partial charge is 0.303 e. The van der Waals surface area contributed by atoms with Crippen LogP contribution in [0.2, 0.25) is 0 Å². The van der Waals surface area contributed by atoms with Gasteiger partial charge in [0, 0.05) is 17.3 Å². The molecule has 0 fully saturated rings. The van der Waals surface area contributed by atoms with Gasteiger partial charge in [-0.25, -0.2) is 0 Å². The van der Waals surface area contributed by atoms with Gasteiger partial charge in [0.15, 0.2) is 11.6 Å². The molecule has 0 aromatic heterocycles. The highest BCUT2D eigenvalue weighted by Gasteiger charge is 2.51. The summed E-state index contributed by atoms with van der Waals surface area (Å²) >= 11 is 0. The van der Waals surface area contributed by atoms with Crippen LogP contribution in [0.25, 0.3) is 0 Å². The second-order valence-corrected chi connectivity index (χ2v) is 6.00. The fourth-order valence-corrected chi connectivity index (χ4v) is 3.31. The molecule has 0 saturated carbocycles. The molecular formula is C15H18O3. The molecule has 3 nitrogen and oxygen atoms in total. The van der Waals surface area contributed by atoms with E-state index in [1.807, 2.05) is 13.8 Å². The molecule has 2 rings (SSSR count). The summed E-state index contributed by atoms with van der Waals surface area (Å²) < 4.78 is 0. The lowest BCUT2D eigenvalue weighted by Gasteiger charge is -2.45. The molecule has 0 aromatic carbocycles. The maximum absolute atomic E-state index is 12.2. The Morgan fingerprint density at radius 2 is 1.39 bits per heavy atom. The molecule has 0 saturated heterocycles. The minimum Gasteiger partial charge on any atom is -0.303 e. The molecule has 0 N–H and O–H groups in total. The van der Waals surface area contributed by atoms with Gasteiger partial charge in [0.25, 0.3) is 0 Å². The lowest BCUT2D eigenvalue weighted by molar-refractivity contribution is -0.131. The highest BCUT2D eigenvalue weighted by molar-refractivity contribution is 6.05. The van der Waals surface area contributed by atoms with E-state index in [2.05, 4.69) is 0 Å². The average Bonchev–Trinajstić information content (AvgIpc) is 2.26. The summed E-state index contributed by atoms with van der Waals surface area (Å²) in [7, 11) is 0. The Morgan fingerprint density at radius 1 is 1.00 bits per heavy atom. The highest BCUT2D eigenvalue weighted by Crippen LogP contribution is 2.48. The van der Waals surface area contributed by atoms with E-state index in [0.29, 0.717) is 0 Å². The lowest BCUT2D eigenvalue weighted by atomic mass is 9.56. The highest BCUT2D eigenvalue weighted by atomic mass is 16.1. The van der Waals surface area contributed by atoms with Gasteiger partial charge in [0.05, 0.1) is 0 Å². The summed E-state index contributed by atoms with van der Waals surface area (Å²) in [5, 5.41) is 0. The number of allylic oxidation sites excluding steroid dienone is 4. The number of rotatable bonds is 2. The minimum atomic E-state index is -0.675. The quantitative estimate of drug-likeness (QED) is 0.701. The molecule has 2 unspecified atom stereocenters. The standard InChI is InChI=1S/C15H18O3/c1-8-5-10(17)13-9(2)6-11(18)12(8)14(13)15(3,4)7-16/h5-7,12-14H,1-4H3. The molecule has 0 aliphatic heterocycles. The van der Waals surface area contributed by atoms with Gasteiger partial charge in [-0.15, -0.1) is 0 Å². The third-order valence-electron chi connectivity index (χ3n) is 4.22. The van der Waals surface area contributed by atoms with E-state index in [9.17, 15) is 14.4 Å². The molecule has 0 spiro atoms. The predicted molar refractivity (Wildman–Crippen MR) is 67.8 cm³/mol. The van der Waals surface area contributed by atoms with Crippen LogP contribution in [0.4, 0.5) is 0 Å². The summed E-state index contributed by atoms with van der Waals surface area (Å²) in [6.07, 6.45) is 4.01. The van der Waals surface area contributed by atoms with Crippen LogP contribution in [0.1, 0.15) is 27.7 Å². The third-order valence-corrected chi connectivity index (χ3v) is 4.22. The minimum absolute atomic E-state index is 0.0184. The second kappa shape index (κ2) is 4.01. The van der Waals surface area contributed by atoms with Gasteiger partial charge in [-0.3, -0.25) is 9.59 Å². The number of fused-ring (bicyclic) bond motifs is 2. The summed E-state index contributed by atoms with van der Waals surface area (Å²) in [6, 6.07) is 0. The number of aldehydes is 1. The molecule has 0 amide bonds. The maximum Gasteiger partial charge on any atom is 0.163 e. The first kappa shape index (κ1) is 12.9. The van der Waals surface area contributed by atoms with Gasteiger partial charge >= 0.3 is 0 Å². The van der Waals surface area contributed by atoms with Crippen LogP contribution in [0, 0.1) is 23.2 Å². The van der Waals surface area contributed by atoms with Crippen molar-refractivity contribution in [1.29, 1.82) is 0 Å². The molecule has 2 aliphatic rings. The second-order valence-electron chi connectivity index (χ2n) is 6.00. The molecule has 96 valence electrons. The van der Waals surface area contributed by atoms with Crippen molar-refractivity contribution in [3.63, 3.8) is 0 Å². The summed E-state index contributed by atoms with van der Waals surface area (Å²) in [5.41, 5.74) is 0.890. The first-order valence-electron chi connectivity index (χ1n) is 6.20. The smallest absolute Gasteiger partial charge is 0.163 e. The van der Waals surface area contributed by atoms with Crippen molar-refractivity contribution in [1.82, 2.24) is 0 Å². The molecule has 3 heteroatoms. The third kappa shape index (κ3) is 1.69. The van der Waals surface area contributed by atoms with Gasteiger partial charge in [-0.1, -0.05) is 25.0 Å². The van der Waals surface area contributed by atoms with Crippen molar-refractivity contribution in [2.75, 3.05) is 0 Å². The van der Waals surface area contributed by atoms with Crippen LogP contribution in [0.15, 0.2) is 23.3 Å². The van der Waals surface area contributed by atoms with Crippen LogP contribution >= 0.6 is 0 Å². The van der Waals surface area contributed by atoms with Gasteiger partial charge in [-0.05, 0) is 31.9 Å². The van der Waals surface area contributed by atoms with E-state index in [-0.39, 0.29) is 29.3 Å². The van der Waals surface area contributed by atoms with Gasteiger partial charge in [0.2, 0.25) is 0 Å². The van der Waals surface area contributed by atoms with E-state index in [0.717, 1.165) is 17.4 Å². The average molecular weight is 246 g/mol. The van der Waals surface area contributed by atoms with Gasteiger partial charge < -0.3 is 4.79 Å². The van der Waals surface area contributed by atoms with Gasteiger partial charge in [0.1, 0.15) is 6.29 Å². The first-order valence-corrected chi connectivity index (χ1v) is 6.20. The SMILES string of the molecule is CC1=CC(=O)C2C(C)=CC(=O)C1C2C(C)(C)C=O. The van der Waals surface area contributed by atoms with Crippen molar-refractivity contribution in [2.45, 2.75) is 27.7 Å². The Morgan fingerprint density at radius 3 is 1.72 bits per heavy atom. The number of carbonyl (C=O) groups is 3.